The van der Waals surface area contributed by atoms with Gasteiger partial charge in [-0.1, -0.05) is 0 Å². The number of carbonyl (C=O) groups excluding carboxylic acids is 1. The molecule has 1 N–H and O–H groups in total. The summed E-state index contributed by atoms with van der Waals surface area (Å²) in [6.07, 6.45) is 8.14. The van der Waals surface area contributed by atoms with Crippen LogP contribution in [0.1, 0.15) is 37.7 Å². The summed E-state index contributed by atoms with van der Waals surface area (Å²) in [6.45, 7) is 4.25. The van der Waals surface area contributed by atoms with Crippen LogP contribution in [0.3, 0.4) is 0 Å². The molecular weight excluding hydrogens is 254 g/mol. The normalized spacial score (nSPS) is 24.7. The molecule has 1 aromatic heterocycles. The molecule has 1 aliphatic carbocycles. The zero-order valence-electron chi connectivity index (χ0n) is 12.1. The number of aliphatic hydroxyl groups excluding tert-OH is 1. The summed E-state index contributed by atoms with van der Waals surface area (Å²) >= 11 is 0. The van der Waals surface area contributed by atoms with Gasteiger partial charge in [-0.15, -0.1) is 0 Å². The van der Waals surface area contributed by atoms with Crippen LogP contribution < -0.4 is 0 Å². The van der Waals surface area contributed by atoms with Crippen LogP contribution in [0.5, 0.6) is 0 Å². The van der Waals surface area contributed by atoms with E-state index in [9.17, 15) is 9.90 Å². The molecule has 1 unspecified atom stereocenters. The summed E-state index contributed by atoms with van der Waals surface area (Å²) in [4.78, 5) is 14.2. The van der Waals surface area contributed by atoms with E-state index in [0.717, 1.165) is 44.3 Å². The van der Waals surface area contributed by atoms with Gasteiger partial charge in [0.25, 0.3) is 0 Å². The van der Waals surface area contributed by atoms with Gasteiger partial charge in [-0.3, -0.25) is 9.48 Å². The number of amides is 1. The summed E-state index contributed by atoms with van der Waals surface area (Å²) in [7, 11) is 0. The summed E-state index contributed by atoms with van der Waals surface area (Å²) < 4.78 is 1.83. The zero-order valence-corrected chi connectivity index (χ0v) is 12.1. The monoisotopic (exact) mass is 277 g/mol. The summed E-state index contributed by atoms with van der Waals surface area (Å²) in [5, 5.41) is 14.1. The van der Waals surface area contributed by atoms with E-state index in [0.29, 0.717) is 13.0 Å². The minimum Gasteiger partial charge on any atom is -0.393 e. The Balaban J connectivity index is 1.47. The van der Waals surface area contributed by atoms with Gasteiger partial charge in [0.2, 0.25) is 5.91 Å². The lowest BCUT2D eigenvalue weighted by Crippen LogP contribution is -2.53. The van der Waals surface area contributed by atoms with Gasteiger partial charge in [-0.2, -0.15) is 5.10 Å². The maximum absolute atomic E-state index is 12.2. The van der Waals surface area contributed by atoms with Crippen molar-refractivity contribution in [1.82, 2.24) is 14.7 Å². The third-order valence-corrected chi connectivity index (χ3v) is 5.05. The van der Waals surface area contributed by atoms with Crippen LogP contribution >= 0.6 is 0 Å². The maximum atomic E-state index is 12.2. The minimum absolute atomic E-state index is 0.133. The average Bonchev–Trinajstić information content (AvgIpc) is 2.89. The van der Waals surface area contributed by atoms with Crippen LogP contribution in [0.4, 0.5) is 0 Å². The lowest BCUT2D eigenvalue weighted by molar-refractivity contribution is -0.141. The quantitative estimate of drug-likeness (QED) is 0.907. The van der Waals surface area contributed by atoms with E-state index < -0.39 is 0 Å². The molecule has 1 saturated carbocycles. The van der Waals surface area contributed by atoms with Crippen LogP contribution in [0, 0.1) is 12.3 Å². The van der Waals surface area contributed by atoms with Gasteiger partial charge in [0, 0.05) is 32.3 Å². The molecule has 1 amide bonds. The van der Waals surface area contributed by atoms with E-state index in [-0.39, 0.29) is 17.4 Å². The highest BCUT2D eigenvalue weighted by Crippen LogP contribution is 2.49. The summed E-state index contributed by atoms with van der Waals surface area (Å²) in [5.74, 6) is 0.210. The number of likely N-dealkylation sites (tertiary alicyclic amines) is 1. The summed E-state index contributed by atoms with van der Waals surface area (Å²) in [5.41, 5.74) is 1.26. The van der Waals surface area contributed by atoms with Gasteiger partial charge in [0.1, 0.15) is 0 Å². The topological polar surface area (TPSA) is 58.4 Å². The van der Waals surface area contributed by atoms with E-state index in [4.69, 9.17) is 0 Å². The molecule has 5 heteroatoms. The number of aryl methyl sites for hydroxylation is 2. The molecule has 1 aliphatic heterocycles. The second-order valence-corrected chi connectivity index (χ2v) is 6.33. The molecule has 2 aliphatic rings. The largest absolute Gasteiger partial charge is 0.393 e. The third kappa shape index (κ3) is 2.46. The third-order valence-electron chi connectivity index (χ3n) is 5.05. The lowest BCUT2D eigenvalue weighted by atomic mass is 9.61. The molecule has 2 fully saturated rings. The highest BCUT2D eigenvalue weighted by Gasteiger charge is 2.47. The van der Waals surface area contributed by atoms with Crippen LogP contribution in [0.2, 0.25) is 0 Å². The van der Waals surface area contributed by atoms with Gasteiger partial charge in [-0.25, -0.2) is 0 Å². The first-order chi connectivity index (χ1) is 9.59. The second-order valence-electron chi connectivity index (χ2n) is 6.33. The molecule has 1 saturated heterocycles. The fraction of sp³-hybridized carbons (Fsp3) is 0.733. The van der Waals surface area contributed by atoms with Crippen molar-refractivity contribution in [3.63, 3.8) is 0 Å². The van der Waals surface area contributed by atoms with E-state index in [2.05, 4.69) is 5.10 Å². The van der Waals surface area contributed by atoms with Crippen LogP contribution in [-0.2, 0) is 11.3 Å². The van der Waals surface area contributed by atoms with Crippen molar-refractivity contribution in [3.05, 3.63) is 18.0 Å². The van der Waals surface area contributed by atoms with Crippen molar-refractivity contribution < 1.29 is 9.90 Å². The molecular formula is C15H23N3O2. The number of aliphatic hydroxyl groups is 1. The van der Waals surface area contributed by atoms with Gasteiger partial charge in [0.05, 0.1) is 12.3 Å². The number of hydrogen-bond acceptors (Lipinski definition) is 3. The second kappa shape index (κ2) is 5.20. The van der Waals surface area contributed by atoms with Crippen molar-refractivity contribution in [1.29, 1.82) is 0 Å². The number of nitrogens with zero attached hydrogens (tertiary/aromatic N) is 3. The Labute approximate surface area is 119 Å². The van der Waals surface area contributed by atoms with Gasteiger partial charge in [-0.05, 0) is 43.6 Å². The fourth-order valence-corrected chi connectivity index (χ4v) is 3.42. The first kappa shape index (κ1) is 13.6. The lowest BCUT2D eigenvalue weighted by Gasteiger charge is -2.51. The number of hydrogen-bond donors (Lipinski definition) is 1. The van der Waals surface area contributed by atoms with E-state index in [1.165, 1.54) is 0 Å². The van der Waals surface area contributed by atoms with Crippen LogP contribution in [0.25, 0.3) is 0 Å². The smallest absolute Gasteiger partial charge is 0.224 e. The van der Waals surface area contributed by atoms with Crippen molar-refractivity contribution in [2.24, 2.45) is 5.41 Å². The molecule has 1 aromatic rings. The van der Waals surface area contributed by atoms with Gasteiger partial charge < -0.3 is 10.0 Å². The average molecular weight is 277 g/mol. The molecule has 110 valence electrons. The van der Waals surface area contributed by atoms with Gasteiger partial charge >= 0.3 is 0 Å². The highest BCUT2D eigenvalue weighted by molar-refractivity contribution is 5.76. The zero-order chi connectivity index (χ0) is 14.2. The molecule has 1 spiro atoms. The molecule has 1 atom stereocenters. The Bertz CT molecular complexity index is 489. The maximum Gasteiger partial charge on any atom is 0.224 e. The van der Waals surface area contributed by atoms with Crippen molar-refractivity contribution >= 4 is 5.91 Å². The predicted molar refractivity (Wildman–Crippen MR) is 75.1 cm³/mol. The van der Waals surface area contributed by atoms with E-state index >= 15 is 0 Å². The standard InChI is InChI=1S/C15H23N3O2/c1-12-10-16-18(11-12)7-3-14(20)17-8-5-15(6-9-17)4-2-13(15)19/h10-11,13,19H,2-9H2,1H3. The number of piperidine rings is 1. The Hall–Kier alpha value is -1.36. The molecule has 2 heterocycles. The first-order valence-corrected chi connectivity index (χ1v) is 7.54. The van der Waals surface area contributed by atoms with Crippen molar-refractivity contribution in [2.45, 2.75) is 51.7 Å². The number of carbonyl (C=O) groups is 1. The molecule has 0 bridgehead atoms. The minimum atomic E-state index is -0.133. The number of rotatable bonds is 3. The molecule has 0 aromatic carbocycles. The predicted octanol–water partition coefficient (Wildman–Crippen LogP) is 1.35. The Morgan fingerprint density at radius 2 is 2.20 bits per heavy atom. The Morgan fingerprint density at radius 1 is 1.45 bits per heavy atom. The Morgan fingerprint density at radius 3 is 2.70 bits per heavy atom. The fourth-order valence-electron chi connectivity index (χ4n) is 3.42. The van der Waals surface area contributed by atoms with E-state index in [1.54, 1.807) is 0 Å². The molecule has 3 rings (SSSR count). The van der Waals surface area contributed by atoms with Crippen LogP contribution in [0.15, 0.2) is 12.4 Å². The molecule has 5 nitrogen and oxygen atoms in total. The van der Waals surface area contributed by atoms with Crippen molar-refractivity contribution in [2.75, 3.05) is 13.1 Å². The SMILES string of the molecule is Cc1cnn(CCC(=O)N2CCC3(CCC3O)CC2)c1. The Kier molecular flexibility index (Phi) is 3.54. The van der Waals surface area contributed by atoms with Gasteiger partial charge in [0.15, 0.2) is 0 Å². The highest BCUT2D eigenvalue weighted by atomic mass is 16.3. The first-order valence-electron chi connectivity index (χ1n) is 7.54. The molecule has 20 heavy (non-hydrogen) atoms. The molecule has 0 radical (unpaired) electrons. The van der Waals surface area contributed by atoms with E-state index in [1.807, 2.05) is 28.9 Å². The van der Waals surface area contributed by atoms with Crippen molar-refractivity contribution in [3.8, 4) is 0 Å². The number of aromatic nitrogens is 2. The summed E-state index contributed by atoms with van der Waals surface area (Å²) in [6, 6.07) is 0. The van der Waals surface area contributed by atoms with Crippen LogP contribution in [-0.4, -0.2) is 44.9 Å².